The highest BCUT2D eigenvalue weighted by Gasteiger charge is 2.16. The van der Waals surface area contributed by atoms with Gasteiger partial charge in [0.05, 0.1) is 11.5 Å². The first-order chi connectivity index (χ1) is 10.5. The molecule has 0 spiro atoms. The molecule has 1 aliphatic heterocycles. The number of carbonyl (C=O) groups is 1. The second-order valence-corrected chi connectivity index (χ2v) is 7.03. The van der Waals surface area contributed by atoms with Crippen LogP contribution in [0.15, 0.2) is 29.2 Å². The Morgan fingerprint density at radius 2 is 2.18 bits per heavy atom. The Bertz CT molecular complexity index is 612. The van der Waals surface area contributed by atoms with E-state index in [4.69, 9.17) is 4.74 Å². The van der Waals surface area contributed by atoms with Crippen molar-refractivity contribution in [3.05, 3.63) is 29.8 Å². The fraction of sp³-hybridized carbons (Fsp3) is 0.500. The molecule has 1 heterocycles. The van der Waals surface area contributed by atoms with E-state index < -0.39 is 10.0 Å². The van der Waals surface area contributed by atoms with E-state index >= 15 is 0 Å². The van der Waals surface area contributed by atoms with E-state index in [9.17, 15) is 13.2 Å². The van der Waals surface area contributed by atoms with E-state index in [1.807, 2.05) is 0 Å². The number of nitrogens with one attached hydrogen (secondary N) is 3. The molecule has 0 aromatic heterocycles. The predicted octanol–water partition coefficient (Wildman–Crippen LogP) is 0.430. The molecule has 122 valence electrons. The summed E-state index contributed by atoms with van der Waals surface area (Å²) in [7, 11) is -2.11. The summed E-state index contributed by atoms with van der Waals surface area (Å²) in [5.41, 5.74) is 0.718. The third-order valence-electron chi connectivity index (χ3n) is 3.51. The smallest absolute Gasteiger partial charge is 0.315 e. The molecule has 2 amide bonds. The fourth-order valence-corrected chi connectivity index (χ4v) is 2.97. The highest BCUT2D eigenvalue weighted by molar-refractivity contribution is 7.89. The number of sulfonamides is 1. The second-order valence-electron chi connectivity index (χ2n) is 5.15. The molecule has 1 unspecified atom stereocenters. The molecule has 1 saturated heterocycles. The van der Waals surface area contributed by atoms with E-state index in [-0.39, 0.29) is 17.5 Å². The maximum Gasteiger partial charge on any atom is 0.315 e. The van der Waals surface area contributed by atoms with Crippen LogP contribution in [0.2, 0.25) is 0 Å². The Balaban J connectivity index is 1.83. The van der Waals surface area contributed by atoms with Crippen LogP contribution in [-0.2, 0) is 21.3 Å². The molecule has 0 saturated carbocycles. The zero-order chi connectivity index (χ0) is 16.0. The van der Waals surface area contributed by atoms with E-state index in [2.05, 4.69) is 15.4 Å². The number of carbonyl (C=O) groups excluding carboxylic acids is 1. The topological polar surface area (TPSA) is 96.5 Å². The highest BCUT2D eigenvalue weighted by atomic mass is 32.2. The zero-order valence-corrected chi connectivity index (χ0v) is 13.3. The van der Waals surface area contributed by atoms with Gasteiger partial charge in [-0.25, -0.2) is 17.9 Å². The Hall–Kier alpha value is -1.64. The van der Waals surface area contributed by atoms with Crippen molar-refractivity contribution in [2.75, 3.05) is 26.8 Å². The molecule has 0 bridgehead atoms. The largest absolute Gasteiger partial charge is 0.381 e. The third-order valence-corrected chi connectivity index (χ3v) is 4.92. The van der Waals surface area contributed by atoms with Crippen molar-refractivity contribution in [3.63, 3.8) is 0 Å². The summed E-state index contributed by atoms with van der Waals surface area (Å²) >= 11 is 0. The molecule has 1 fully saturated rings. The molecule has 8 heteroatoms. The van der Waals surface area contributed by atoms with Crippen molar-refractivity contribution in [1.29, 1.82) is 0 Å². The van der Waals surface area contributed by atoms with E-state index in [0.717, 1.165) is 18.6 Å². The van der Waals surface area contributed by atoms with Crippen LogP contribution in [-0.4, -0.2) is 41.3 Å². The average Bonchev–Trinajstić information content (AvgIpc) is 3.04. The van der Waals surface area contributed by atoms with Crippen molar-refractivity contribution in [3.8, 4) is 0 Å². The van der Waals surface area contributed by atoms with Crippen molar-refractivity contribution in [2.24, 2.45) is 5.92 Å². The van der Waals surface area contributed by atoms with Crippen LogP contribution in [0.3, 0.4) is 0 Å². The molecule has 1 atom stereocenters. The maximum atomic E-state index is 11.7. The summed E-state index contributed by atoms with van der Waals surface area (Å²) < 4.78 is 30.9. The van der Waals surface area contributed by atoms with E-state index in [0.29, 0.717) is 19.1 Å². The number of rotatable bonds is 6. The van der Waals surface area contributed by atoms with Crippen molar-refractivity contribution >= 4 is 16.1 Å². The molecular formula is C14H21N3O4S. The third kappa shape index (κ3) is 4.69. The fourth-order valence-electron chi connectivity index (χ4n) is 2.17. The van der Waals surface area contributed by atoms with Gasteiger partial charge in [-0.15, -0.1) is 0 Å². The maximum absolute atomic E-state index is 11.7. The molecular weight excluding hydrogens is 306 g/mol. The first-order valence-electron chi connectivity index (χ1n) is 7.13. The number of urea groups is 1. The molecule has 7 nitrogen and oxygen atoms in total. The van der Waals surface area contributed by atoms with Gasteiger partial charge in [-0.05, 0) is 31.2 Å². The molecule has 2 rings (SSSR count). The van der Waals surface area contributed by atoms with Gasteiger partial charge >= 0.3 is 6.03 Å². The number of benzene rings is 1. The lowest BCUT2D eigenvalue weighted by Crippen LogP contribution is -2.38. The molecule has 0 aliphatic carbocycles. The van der Waals surface area contributed by atoms with Crippen molar-refractivity contribution in [1.82, 2.24) is 15.4 Å². The quantitative estimate of drug-likeness (QED) is 0.706. The Morgan fingerprint density at radius 3 is 2.86 bits per heavy atom. The summed E-state index contributed by atoms with van der Waals surface area (Å²) in [5, 5.41) is 5.50. The summed E-state index contributed by atoms with van der Waals surface area (Å²) in [5.74, 6) is 0.370. The summed E-state index contributed by atoms with van der Waals surface area (Å²) in [4.78, 5) is 11.9. The normalized spacial score (nSPS) is 18.1. The molecule has 3 N–H and O–H groups in total. The second kappa shape index (κ2) is 7.57. The predicted molar refractivity (Wildman–Crippen MR) is 81.9 cm³/mol. The van der Waals surface area contributed by atoms with Crippen LogP contribution in [0.4, 0.5) is 4.79 Å². The molecule has 1 aromatic rings. The number of hydrogen-bond acceptors (Lipinski definition) is 4. The lowest BCUT2D eigenvalue weighted by molar-refractivity contribution is 0.185. The van der Waals surface area contributed by atoms with E-state index in [1.54, 1.807) is 12.1 Å². The van der Waals surface area contributed by atoms with Crippen LogP contribution in [0, 0.1) is 5.92 Å². The van der Waals surface area contributed by atoms with Gasteiger partial charge in [-0.3, -0.25) is 0 Å². The molecule has 0 radical (unpaired) electrons. The monoisotopic (exact) mass is 327 g/mol. The van der Waals surface area contributed by atoms with Crippen molar-refractivity contribution in [2.45, 2.75) is 17.9 Å². The van der Waals surface area contributed by atoms with Crippen LogP contribution in [0.5, 0.6) is 0 Å². The Morgan fingerprint density at radius 1 is 1.36 bits per heavy atom. The van der Waals surface area contributed by atoms with Gasteiger partial charge in [0.1, 0.15) is 0 Å². The standard InChI is InChI=1S/C14H21N3O4S/c1-15-22(19,20)13-4-2-3-11(7-13)8-16-14(18)17-9-12-5-6-21-10-12/h2-4,7,12,15H,5-6,8-10H2,1H3,(H2,16,17,18). The summed E-state index contributed by atoms with van der Waals surface area (Å²) in [6, 6.07) is 6.19. The summed E-state index contributed by atoms with van der Waals surface area (Å²) in [6.45, 7) is 2.28. The number of amides is 2. The number of ether oxygens (including phenoxy) is 1. The number of hydrogen-bond donors (Lipinski definition) is 3. The minimum atomic E-state index is -3.47. The van der Waals surface area contributed by atoms with Gasteiger partial charge in [0.2, 0.25) is 10.0 Å². The van der Waals surface area contributed by atoms with Gasteiger partial charge < -0.3 is 15.4 Å². The van der Waals surface area contributed by atoms with Gasteiger partial charge in [-0.1, -0.05) is 12.1 Å². The van der Waals surface area contributed by atoms with Crippen molar-refractivity contribution < 1.29 is 17.9 Å². The molecule has 1 aliphatic rings. The zero-order valence-electron chi connectivity index (χ0n) is 12.5. The Kier molecular flexibility index (Phi) is 5.76. The van der Waals surface area contributed by atoms with Gasteiger partial charge in [-0.2, -0.15) is 0 Å². The minimum absolute atomic E-state index is 0.179. The van der Waals surface area contributed by atoms with Gasteiger partial charge in [0.15, 0.2) is 0 Å². The first kappa shape index (κ1) is 16.7. The van der Waals surface area contributed by atoms with E-state index in [1.165, 1.54) is 19.2 Å². The van der Waals surface area contributed by atoms with Crippen LogP contribution in [0.25, 0.3) is 0 Å². The molecule has 1 aromatic carbocycles. The molecule has 22 heavy (non-hydrogen) atoms. The SMILES string of the molecule is CNS(=O)(=O)c1cccc(CNC(=O)NCC2CCOC2)c1. The highest BCUT2D eigenvalue weighted by Crippen LogP contribution is 2.11. The summed E-state index contributed by atoms with van der Waals surface area (Å²) in [6.07, 6.45) is 0.963. The van der Waals surface area contributed by atoms with Crippen LogP contribution in [0.1, 0.15) is 12.0 Å². The first-order valence-corrected chi connectivity index (χ1v) is 8.61. The Labute approximate surface area is 130 Å². The van der Waals surface area contributed by atoms with Gasteiger partial charge in [0.25, 0.3) is 0 Å². The average molecular weight is 327 g/mol. The minimum Gasteiger partial charge on any atom is -0.381 e. The lowest BCUT2D eigenvalue weighted by Gasteiger charge is -2.11. The lowest BCUT2D eigenvalue weighted by atomic mass is 10.1. The van der Waals surface area contributed by atoms with Crippen LogP contribution >= 0.6 is 0 Å². The van der Waals surface area contributed by atoms with Crippen LogP contribution < -0.4 is 15.4 Å². The van der Waals surface area contributed by atoms with Gasteiger partial charge in [0, 0.05) is 25.6 Å².